The van der Waals surface area contributed by atoms with E-state index in [1.54, 1.807) is 7.05 Å². The first-order valence-electron chi connectivity index (χ1n) is 9.60. The molecule has 26 heavy (non-hydrogen) atoms. The maximum Gasteiger partial charge on any atom is 0.220 e. The normalized spacial score (nSPS) is 15.8. The number of carbonyl (C=O) groups is 1. The van der Waals surface area contributed by atoms with Gasteiger partial charge < -0.3 is 15.5 Å². The second-order valence-electron chi connectivity index (χ2n) is 6.77. The van der Waals surface area contributed by atoms with E-state index in [1.807, 2.05) is 12.1 Å². The third-order valence-electron chi connectivity index (χ3n) is 4.80. The summed E-state index contributed by atoms with van der Waals surface area (Å²) in [6, 6.07) is 8.03. The Morgan fingerprint density at radius 3 is 2.58 bits per heavy atom. The van der Waals surface area contributed by atoms with Crippen LogP contribution in [0.1, 0.15) is 38.2 Å². The zero-order valence-corrected chi connectivity index (χ0v) is 16.7. The van der Waals surface area contributed by atoms with Gasteiger partial charge in [-0.15, -0.1) is 0 Å². The van der Waals surface area contributed by atoms with Gasteiger partial charge in [-0.1, -0.05) is 23.7 Å². The fourth-order valence-electron chi connectivity index (χ4n) is 3.26. The highest BCUT2D eigenvalue weighted by Crippen LogP contribution is 2.20. The lowest BCUT2D eigenvalue weighted by atomic mass is 9.93. The minimum atomic E-state index is 0.145. The molecule has 1 heterocycles. The number of nitrogens with one attached hydrogen (secondary N) is 2. The summed E-state index contributed by atoms with van der Waals surface area (Å²) in [7, 11) is 1.71. The molecule has 5 nitrogen and oxygen atoms in total. The van der Waals surface area contributed by atoms with Crippen LogP contribution in [0.5, 0.6) is 0 Å². The maximum absolute atomic E-state index is 11.5. The summed E-state index contributed by atoms with van der Waals surface area (Å²) in [4.78, 5) is 18.7. The predicted octanol–water partition coefficient (Wildman–Crippen LogP) is 3.09. The molecule has 2 N–H and O–H groups in total. The number of carbonyl (C=O) groups excluding carboxylic acids is 1. The van der Waals surface area contributed by atoms with Crippen molar-refractivity contribution >= 4 is 23.5 Å². The number of hydrogen-bond donors (Lipinski definition) is 2. The number of likely N-dealkylation sites (tertiary alicyclic amines) is 1. The van der Waals surface area contributed by atoms with Gasteiger partial charge in [-0.05, 0) is 56.2 Å². The zero-order valence-electron chi connectivity index (χ0n) is 15.9. The summed E-state index contributed by atoms with van der Waals surface area (Å²) in [5, 5.41) is 6.90. The van der Waals surface area contributed by atoms with Gasteiger partial charge in [0.2, 0.25) is 5.91 Å². The van der Waals surface area contributed by atoms with Gasteiger partial charge in [0.05, 0.1) is 0 Å². The van der Waals surface area contributed by atoms with Gasteiger partial charge >= 0.3 is 0 Å². The van der Waals surface area contributed by atoms with E-state index in [4.69, 9.17) is 16.6 Å². The second kappa shape index (κ2) is 11.1. The molecule has 1 aromatic rings. The number of aryl methyl sites for hydroxylation is 1. The highest BCUT2D eigenvalue weighted by atomic mass is 35.5. The highest BCUT2D eigenvalue weighted by molar-refractivity contribution is 6.30. The number of guanidine groups is 1. The van der Waals surface area contributed by atoms with Crippen LogP contribution in [0.3, 0.4) is 0 Å². The van der Waals surface area contributed by atoms with E-state index in [9.17, 15) is 4.79 Å². The molecule has 0 spiro atoms. The fourth-order valence-corrected chi connectivity index (χ4v) is 3.38. The topological polar surface area (TPSA) is 56.7 Å². The Morgan fingerprint density at radius 1 is 1.27 bits per heavy atom. The number of aliphatic imine (C=N–C) groups is 1. The van der Waals surface area contributed by atoms with Crippen molar-refractivity contribution < 1.29 is 4.79 Å². The van der Waals surface area contributed by atoms with Crippen LogP contribution in [0.15, 0.2) is 29.3 Å². The molecule has 0 aliphatic carbocycles. The first-order chi connectivity index (χ1) is 12.6. The molecule has 6 heteroatoms. The first kappa shape index (κ1) is 20.6. The van der Waals surface area contributed by atoms with Crippen LogP contribution < -0.4 is 10.6 Å². The molecule has 0 saturated carbocycles. The molecule has 1 aliphatic heterocycles. The molecule has 0 radical (unpaired) electrons. The van der Waals surface area contributed by atoms with E-state index in [0.717, 1.165) is 62.8 Å². The quantitative estimate of drug-likeness (QED) is 0.435. The summed E-state index contributed by atoms with van der Waals surface area (Å²) in [6.45, 7) is 5.70. The summed E-state index contributed by atoms with van der Waals surface area (Å²) >= 11 is 5.92. The molecule has 2 rings (SSSR count). The van der Waals surface area contributed by atoms with Crippen molar-refractivity contribution in [3.63, 3.8) is 0 Å². The van der Waals surface area contributed by atoms with E-state index in [0.29, 0.717) is 12.3 Å². The fraction of sp³-hybridized carbons (Fsp3) is 0.600. The van der Waals surface area contributed by atoms with Crippen molar-refractivity contribution in [1.82, 2.24) is 15.5 Å². The molecule has 1 aliphatic rings. The molecule has 0 bridgehead atoms. The largest absolute Gasteiger partial charge is 0.359 e. The Morgan fingerprint density at radius 2 is 1.96 bits per heavy atom. The molecule has 1 saturated heterocycles. The highest BCUT2D eigenvalue weighted by Gasteiger charge is 2.22. The van der Waals surface area contributed by atoms with E-state index in [2.05, 4.69) is 34.6 Å². The minimum absolute atomic E-state index is 0.145. The van der Waals surface area contributed by atoms with Crippen molar-refractivity contribution in [1.29, 1.82) is 0 Å². The van der Waals surface area contributed by atoms with Crippen LogP contribution in [0.4, 0.5) is 0 Å². The van der Waals surface area contributed by atoms with E-state index < -0.39 is 0 Å². The van der Waals surface area contributed by atoms with E-state index in [-0.39, 0.29) is 5.91 Å². The van der Waals surface area contributed by atoms with E-state index in [1.165, 1.54) is 5.56 Å². The lowest BCUT2D eigenvalue weighted by Crippen LogP contribution is -2.46. The number of piperidine rings is 1. The lowest BCUT2D eigenvalue weighted by molar-refractivity contribution is -0.121. The summed E-state index contributed by atoms with van der Waals surface area (Å²) in [5.41, 5.74) is 1.30. The number of rotatable bonds is 7. The van der Waals surface area contributed by atoms with Crippen molar-refractivity contribution in [2.45, 2.75) is 39.0 Å². The van der Waals surface area contributed by atoms with E-state index >= 15 is 0 Å². The standard InChI is InChI=1S/C20H31ClN4O/c1-3-23-20(24-12-4-5-16-6-8-18(21)9-7-16)25-13-10-17(11-14-25)15-19(26)22-2/h6-9,17H,3-5,10-15H2,1-2H3,(H,22,26)(H,23,24). The number of nitrogens with zero attached hydrogens (tertiary/aromatic N) is 2. The van der Waals surface area contributed by atoms with Gasteiger partial charge in [0.1, 0.15) is 0 Å². The number of halogens is 1. The minimum Gasteiger partial charge on any atom is -0.359 e. The number of hydrogen-bond acceptors (Lipinski definition) is 2. The van der Waals surface area contributed by atoms with Crippen LogP contribution in [0, 0.1) is 5.92 Å². The smallest absolute Gasteiger partial charge is 0.220 e. The molecule has 1 aromatic carbocycles. The predicted molar refractivity (Wildman–Crippen MR) is 109 cm³/mol. The van der Waals surface area contributed by atoms with Crippen molar-refractivity contribution in [2.24, 2.45) is 10.9 Å². The maximum atomic E-state index is 11.5. The SMILES string of the molecule is CCNC(=NCCCc1ccc(Cl)cc1)N1CCC(CC(=O)NC)CC1. The third kappa shape index (κ3) is 6.87. The van der Waals surface area contributed by atoms with Gasteiger partial charge in [0.15, 0.2) is 5.96 Å². The molecule has 1 amide bonds. The Kier molecular flexibility index (Phi) is 8.75. The zero-order chi connectivity index (χ0) is 18.8. The van der Waals surface area contributed by atoms with Crippen LogP contribution >= 0.6 is 11.6 Å². The third-order valence-corrected chi connectivity index (χ3v) is 5.05. The van der Waals surface area contributed by atoms with Crippen LogP contribution in [-0.2, 0) is 11.2 Å². The lowest BCUT2D eigenvalue weighted by Gasteiger charge is -2.34. The number of benzene rings is 1. The van der Waals surface area contributed by atoms with Crippen molar-refractivity contribution in [3.8, 4) is 0 Å². The van der Waals surface area contributed by atoms with Crippen LogP contribution in [-0.4, -0.2) is 50.0 Å². The van der Waals surface area contributed by atoms with Crippen LogP contribution in [0.2, 0.25) is 5.02 Å². The molecule has 144 valence electrons. The molecular formula is C20H31ClN4O. The Bertz CT molecular complexity index is 580. The molecule has 1 fully saturated rings. The number of amides is 1. The van der Waals surface area contributed by atoms with Crippen LogP contribution in [0.25, 0.3) is 0 Å². The van der Waals surface area contributed by atoms with Gasteiger partial charge in [-0.2, -0.15) is 0 Å². The Labute approximate surface area is 162 Å². The van der Waals surface area contributed by atoms with Gasteiger partial charge in [0, 0.05) is 44.7 Å². The van der Waals surface area contributed by atoms with Gasteiger partial charge in [0.25, 0.3) is 0 Å². The molecule has 0 atom stereocenters. The molecule has 0 unspecified atom stereocenters. The average molecular weight is 379 g/mol. The monoisotopic (exact) mass is 378 g/mol. The van der Waals surface area contributed by atoms with Crippen molar-refractivity contribution in [3.05, 3.63) is 34.9 Å². The summed E-state index contributed by atoms with van der Waals surface area (Å²) in [6.07, 6.45) is 4.75. The second-order valence-corrected chi connectivity index (χ2v) is 7.21. The summed E-state index contributed by atoms with van der Waals surface area (Å²) < 4.78 is 0. The summed E-state index contributed by atoms with van der Waals surface area (Å²) in [5.74, 6) is 1.63. The average Bonchev–Trinajstić information content (AvgIpc) is 2.66. The first-order valence-corrected chi connectivity index (χ1v) is 9.98. The van der Waals surface area contributed by atoms with Gasteiger partial charge in [-0.3, -0.25) is 9.79 Å². The Balaban J connectivity index is 1.79. The molecule has 0 aromatic heterocycles. The Hall–Kier alpha value is -1.75. The molecular weight excluding hydrogens is 348 g/mol. The van der Waals surface area contributed by atoms with Gasteiger partial charge in [-0.25, -0.2) is 0 Å². The van der Waals surface area contributed by atoms with Crippen molar-refractivity contribution in [2.75, 3.05) is 33.2 Å².